The molecule has 4 nitrogen and oxygen atoms in total. The molecule has 1 heterocycles. The number of hydrogen-bond acceptors (Lipinski definition) is 3. The van der Waals surface area contributed by atoms with Crippen LogP contribution in [0.5, 0.6) is 0 Å². The molecule has 2 aromatic carbocycles. The highest BCUT2D eigenvalue weighted by molar-refractivity contribution is 9.11. The van der Waals surface area contributed by atoms with Crippen LogP contribution in [0.25, 0.3) is 0 Å². The van der Waals surface area contributed by atoms with E-state index in [0.29, 0.717) is 12.1 Å². The zero-order chi connectivity index (χ0) is 15.0. The standard InChI is InChI=1S/C15H13Br2N3O/c16-9-2-1-3-10(17)15(9)20-13-6-8-4-5-14(21)19-12(8)7-11(13)18/h1-3,6-7,20H,4-5,18H2,(H,19,21). The Hall–Kier alpha value is -1.53. The Balaban J connectivity index is 1.98. The lowest BCUT2D eigenvalue weighted by molar-refractivity contribution is -0.116. The van der Waals surface area contributed by atoms with Crippen LogP contribution < -0.4 is 16.4 Å². The molecule has 4 N–H and O–H groups in total. The van der Waals surface area contributed by atoms with Crippen LogP contribution >= 0.6 is 31.9 Å². The number of carbonyl (C=O) groups is 1. The van der Waals surface area contributed by atoms with E-state index in [2.05, 4.69) is 42.5 Å². The summed E-state index contributed by atoms with van der Waals surface area (Å²) >= 11 is 7.04. The van der Waals surface area contributed by atoms with Crippen LogP contribution in [-0.2, 0) is 11.2 Å². The molecule has 1 amide bonds. The molecular formula is C15H13Br2N3O. The van der Waals surface area contributed by atoms with Gasteiger partial charge in [0.25, 0.3) is 0 Å². The zero-order valence-electron chi connectivity index (χ0n) is 11.0. The van der Waals surface area contributed by atoms with Gasteiger partial charge in [0.2, 0.25) is 5.91 Å². The van der Waals surface area contributed by atoms with E-state index in [0.717, 1.165) is 38.0 Å². The van der Waals surface area contributed by atoms with Crippen LogP contribution in [0.15, 0.2) is 39.3 Å². The van der Waals surface area contributed by atoms with Crippen molar-refractivity contribution in [1.29, 1.82) is 0 Å². The molecule has 0 bridgehead atoms. The van der Waals surface area contributed by atoms with Crippen LogP contribution in [-0.4, -0.2) is 5.91 Å². The first kappa shape index (κ1) is 14.4. The van der Waals surface area contributed by atoms with E-state index in [9.17, 15) is 4.79 Å². The van der Waals surface area contributed by atoms with Gasteiger partial charge in [0.15, 0.2) is 0 Å². The fraction of sp³-hybridized carbons (Fsp3) is 0.133. The second-order valence-electron chi connectivity index (χ2n) is 4.87. The van der Waals surface area contributed by atoms with Crippen LogP contribution in [0.1, 0.15) is 12.0 Å². The van der Waals surface area contributed by atoms with E-state index in [1.54, 1.807) is 6.07 Å². The van der Waals surface area contributed by atoms with Crippen LogP contribution in [0, 0.1) is 0 Å². The van der Waals surface area contributed by atoms with E-state index >= 15 is 0 Å². The molecule has 0 aliphatic carbocycles. The SMILES string of the molecule is Nc1cc2c(cc1Nc1c(Br)cccc1Br)CCC(=O)N2. The maximum atomic E-state index is 11.4. The summed E-state index contributed by atoms with van der Waals surface area (Å²) in [6, 6.07) is 9.67. The van der Waals surface area contributed by atoms with E-state index in [1.165, 1.54) is 0 Å². The second kappa shape index (κ2) is 5.69. The van der Waals surface area contributed by atoms with Gasteiger partial charge in [-0.05, 0) is 68.1 Å². The van der Waals surface area contributed by atoms with Gasteiger partial charge in [-0.15, -0.1) is 0 Å². The number of para-hydroxylation sites is 1. The number of halogens is 2. The van der Waals surface area contributed by atoms with Gasteiger partial charge in [-0.25, -0.2) is 0 Å². The Labute approximate surface area is 139 Å². The molecule has 6 heteroatoms. The Morgan fingerprint density at radius 2 is 1.86 bits per heavy atom. The van der Waals surface area contributed by atoms with Crippen LogP contribution in [0.2, 0.25) is 0 Å². The molecule has 21 heavy (non-hydrogen) atoms. The molecule has 0 atom stereocenters. The zero-order valence-corrected chi connectivity index (χ0v) is 14.2. The number of nitrogen functional groups attached to an aromatic ring is 1. The average molecular weight is 411 g/mol. The number of benzene rings is 2. The van der Waals surface area contributed by atoms with Crippen molar-refractivity contribution in [3.63, 3.8) is 0 Å². The maximum absolute atomic E-state index is 11.4. The maximum Gasteiger partial charge on any atom is 0.224 e. The monoisotopic (exact) mass is 409 g/mol. The number of nitrogens with one attached hydrogen (secondary N) is 2. The number of fused-ring (bicyclic) bond motifs is 1. The summed E-state index contributed by atoms with van der Waals surface area (Å²) in [6.45, 7) is 0. The third-order valence-electron chi connectivity index (χ3n) is 3.39. The molecule has 108 valence electrons. The molecule has 0 saturated carbocycles. The minimum atomic E-state index is 0.0381. The van der Waals surface area contributed by atoms with Gasteiger partial charge in [-0.1, -0.05) is 6.07 Å². The molecule has 1 aliphatic rings. The van der Waals surface area contributed by atoms with E-state index in [1.807, 2.05) is 24.3 Å². The average Bonchev–Trinajstić information content (AvgIpc) is 2.43. The largest absolute Gasteiger partial charge is 0.397 e. The Kier molecular flexibility index (Phi) is 3.91. The lowest BCUT2D eigenvalue weighted by Crippen LogP contribution is -2.19. The van der Waals surface area contributed by atoms with Crippen molar-refractivity contribution < 1.29 is 4.79 Å². The van der Waals surface area contributed by atoms with E-state index in [4.69, 9.17) is 5.73 Å². The van der Waals surface area contributed by atoms with Crippen molar-refractivity contribution in [2.24, 2.45) is 0 Å². The highest BCUT2D eigenvalue weighted by atomic mass is 79.9. The smallest absolute Gasteiger partial charge is 0.224 e. The number of rotatable bonds is 2. The van der Waals surface area contributed by atoms with Crippen molar-refractivity contribution in [3.05, 3.63) is 44.8 Å². The van der Waals surface area contributed by atoms with E-state index in [-0.39, 0.29) is 5.91 Å². The van der Waals surface area contributed by atoms with Crippen molar-refractivity contribution in [3.8, 4) is 0 Å². The fourth-order valence-electron chi connectivity index (χ4n) is 2.31. The normalized spacial score (nSPS) is 13.5. The minimum Gasteiger partial charge on any atom is -0.397 e. The topological polar surface area (TPSA) is 67.1 Å². The first-order chi connectivity index (χ1) is 10.0. The first-order valence-corrected chi connectivity index (χ1v) is 8.06. The van der Waals surface area contributed by atoms with Crippen molar-refractivity contribution >= 4 is 60.5 Å². The Morgan fingerprint density at radius 1 is 1.14 bits per heavy atom. The van der Waals surface area contributed by atoms with Gasteiger partial charge in [-0.3, -0.25) is 4.79 Å². The molecule has 0 saturated heterocycles. The number of nitrogens with two attached hydrogens (primary N) is 1. The van der Waals surface area contributed by atoms with Crippen molar-refractivity contribution in [1.82, 2.24) is 0 Å². The third-order valence-corrected chi connectivity index (χ3v) is 4.71. The van der Waals surface area contributed by atoms with Gasteiger partial charge < -0.3 is 16.4 Å². The molecule has 0 fully saturated rings. The number of hydrogen-bond donors (Lipinski definition) is 3. The molecule has 3 rings (SSSR count). The molecule has 0 aromatic heterocycles. The number of carbonyl (C=O) groups excluding carboxylic acids is 1. The first-order valence-electron chi connectivity index (χ1n) is 6.48. The molecule has 1 aliphatic heterocycles. The quantitative estimate of drug-likeness (QED) is 0.642. The summed E-state index contributed by atoms with van der Waals surface area (Å²) in [5.74, 6) is 0.0381. The van der Waals surface area contributed by atoms with Crippen molar-refractivity contribution in [2.75, 3.05) is 16.4 Å². The van der Waals surface area contributed by atoms with Gasteiger partial charge in [-0.2, -0.15) is 0 Å². The highest BCUT2D eigenvalue weighted by Crippen LogP contribution is 2.37. The molecule has 0 unspecified atom stereocenters. The van der Waals surface area contributed by atoms with Gasteiger partial charge >= 0.3 is 0 Å². The van der Waals surface area contributed by atoms with Crippen LogP contribution in [0.3, 0.4) is 0 Å². The highest BCUT2D eigenvalue weighted by Gasteiger charge is 2.17. The predicted octanol–water partition coefficient (Wildman–Crippen LogP) is 4.42. The Bertz CT molecular complexity index is 711. The lowest BCUT2D eigenvalue weighted by atomic mass is 10.0. The summed E-state index contributed by atoms with van der Waals surface area (Å²) < 4.78 is 1.89. The summed E-state index contributed by atoms with van der Waals surface area (Å²) in [4.78, 5) is 11.4. The lowest BCUT2D eigenvalue weighted by Gasteiger charge is -2.20. The summed E-state index contributed by atoms with van der Waals surface area (Å²) in [5.41, 5.74) is 10.3. The Morgan fingerprint density at radius 3 is 2.57 bits per heavy atom. The number of amides is 1. The molecule has 0 spiro atoms. The van der Waals surface area contributed by atoms with E-state index < -0.39 is 0 Å². The third kappa shape index (κ3) is 2.91. The number of aryl methyl sites for hydroxylation is 1. The summed E-state index contributed by atoms with van der Waals surface area (Å²) in [7, 11) is 0. The fourth-order valence-corrected chi connectivity index (χ4v) is 3.50. The predicted molar refractivity (Wildman–Crippen MR) is 92.9 cm³/mol. The minimum absolute atomic E-state index is 0.0381. The van der Waals surface area contributed by atoms with Crippen molar-refractivity contribution in [2.45, 2.75) is 12.8 Å². The summed E-state index contributed by atoms with van der Waals surface area (Å²) in [5, 5.41) is 6.19. The van der Waals surface area contributed by atoms with Gasteiger partial charge in [0, 0.05) is 21.1 Å². The van der Waals surface area contributed by atoms with Gasteiger partial charge in [0.05, 0.1) is 17.1 Å². The molecule has 0 radical (unpaired) electrons. The molecular weight excluding hydrogens is 398 g/mol. The molecule has 2 aromatic rings. The van der Waals surface area contributed by atoms with Crippen LogP contribution in [0.4, 0.5) is 22.7 Å². The van der Waals surface area contributed by atoms with Gasteiger partial charge in [0.1, 0.15) is 0 Å². The summed E-state index contributed by atoms with van der Waals surface area (Å²) in [6.07, 6.45) is 1.24. The second-order valence-corrected chi connectivity index (χ2v) is 6.58. The number of anilines is 4.